The third-order valence-corrected chi connectivity index (χ3v) is 3.68. The first kappa shape index (κ1) is 15.5. The van der Waals surface area contributed by atoms with Gasteiger partial charge in [-0.25, -0.2) is 0 Å². The van der Waals surface area contributed by atoms with E-state index in [1.165, 1.54) is 48.5 Å². The fourth-order valence-electron chi connectivity index (χ4n) is 2.42. The zero-order chi connectivity index (χ0) is 17.1. The second kappa shape index (κ2) is 6.38. The van der Waals surface area contributed by atoms with Crippen LogP contribution in [0.15, 0.2) is 72.8 Å². The molecule has 4 nitrogen and oxygen atoms in total. The third kappa shape index (κ3) is 3.03. The lowest BCUT2D eigenvalue weighted by molar-refractivity contribution is 0.100. The quantitative estimate of drug-likeness (QED) is 0.721. The summed E-state index contributed by atoms with van der Waals surface area (Å²) in [7, 11) is 0. The van der Waals surface area contributed by atoms with Gasteiger partial charge in [0.05, 0.1) is 0 Å². The van der Waals surface area contributed by atoms with Gasteiger partial charge >= 0.3 is 0 Å². The Morgan fingerprint density at radius 2 is 0.875 bits per heavy atom. The highest BCUT2D eigenvalue weighted by molar-refractivity contribution is 6.19. The molecule has 0 fully saturated rings. The van der Waals surface area contributed by atoms with Crippen LogP contribution in [0, 0.1) is 0 Å². The lowest BCUT2D eigenvalue weighted by atomic mass is 9.93. The highest BCUT2D eigenvalue weighted by Crippen LogP contribution is 2.20. The summed E-state index contributed by atoms with van der Waals surface area (Å²) in [6.07, 6.45) is 0. The second-order valence-corrected chi connectivity index (χ2v) is 5.30. The van der Waals surface area contributed by atoms with Crippen LogP contribution in [0.1, 0.15) is 31.8 Å². The van der Waals surface area contributed by atoms with Crippen molar-refractivity contribution >= 4 is 11.6 Å². The molecule has 3 aromatic rings. The van der Waals surface area contributed by atoms with Gasteiger partial charge in [0.1, 0.15) is 11.5 Å². The number of phenols is 2. The molecular weight excluding hydrogens is 304 g/mol. The van der Waals surface area contributed by atoms with Crippen LogP contribution in [0.25, 0.3) is 0 Å². The van der Waals surface area contributed by atoms with Gasteiger partial charge in [0.25, 0.3) is 0 Å². The van der Waals surface area contributed by atoms with Gasteiger partial charge in [-0.15, -0.1) is 0 Å². The monoisotopic (exact) mass is 318 g/mol. The number of hydrogen-bond acceptors (Lipinski definition) is 4. The van der Waals surface area contributed by atoms with E-state index in [1.807, 2.05) is 0 Å². The van der Waals surface area contributed by atoms with Crippen molar-refractivity contribution in [3.8, 4) is 11.5 Å². The number of rotatable bonds is 4. The highest BCUT2D eigenvalue weighted by Gasteiger charge is 2.19. The van der Waals surface area contributed by atoms with Gasteiger partial charge in [0.15, 0.2) is 11.6 Å². The Morgan fingerprint density at radius 3 is 1.21 bits per heavy atom. The molecule has 2 N–H and O–H groups in total. The average molecular weight is 318 g/mol. The number of aromatic hydroxyl groups is 2. The Hall–Kier alpha value is -3.40. The molecule has 0 bridgehead atoms. The van der Waals surface area contributed by atoms with E-state index < -0.39 is 0 Å². The largest absolute Gasteiger partial charge is 0.508 e. The Balaban J connectivity index is 2.01. The van der Waals surface area contributed by atoms with E-state index in [4.69, 9.17) is 0 Å². The van der Waals surface area contributed by atoms with Crippen LogP contribution in [-0.4, -0.2) is 21.8 Å². The maximum Gasteiger partial charge on any atom is 0.193 e. The maximum absolute atomic E-state index is 12.7. The van der Waals surface area contributed by atoms with Gasteiger partial charge in [0.2, 0.25) is 0 Å². The summed E-state index contributed by atoms with van der Waals surface area (Å²) in [4.78, 5) is 25.4. The molecule has 0 aliphatic heterocycles. The summed E-state index contributed by atoms with van der Waals surface area (Å²) in [6.45, 7) is 0. The second-order valence-electron chi connectivity index (χ2n) is 5.30. The van der Waals surface area contributed by atoms with Crippen LogP contribution in [-0.2, 0) is 0 Å². The van der Waals surface area contributed by atoms with Gasteiger partial charge in [-0.2, -0.15) is 0 Å². The van der Waals surface area contributed by atoms with E-state index in [-0.39, 0.29) is 23.1 Å². The zero-order valence-electron chi connectivity index (χ0n) is 12.6. The maximum atomic E-state index is 12.7. The van der Waals surface area contributed by atoms with Crippen molar-refractivity contribution in [1.82, 2.24) is 0 Å². The Labute approximate surface area is 138 Å². The molecule has 3 aromatic carbocycles. The summed E-state index contributed by atoms with van der Waals surface area (Å²) < 4.78 is 0. The fourth-order valence-corrected chi connectivity index (χ4v) is 2.42. The third-order valence-electron chi connectivity index (χ3n) is 3.68. The molecule has 0 saturated heterocycles. The minimum atomic E-state index is -0.294. The van der Waals surface area contributed by atoms with E-state index in [2.05, 4.69) is 0 Å². The molecule has 0 saturated carbocycles. The smallest absolute Gasteiger partial charge is 0.193 e. The van der Waals surface area contributed by atoms with E-state index in [0.29, 0.717) is 22.3 Å². The summed E-state index contributed by atoms with van der Waals surface area (Å²) in [5.41, 5.74) is 1.36. The fraction of sp³-hybridized carbons (Fsp3) is 0. The molecule has 118 valence electrons. The van der Waals surface area contributed by atoms with E-state index in [1.54, 1.807) is 24.3 Å². The first-order valence-corrected chi connectivity index (χ1v) is 7.33. The van der Waals surface area contributed by atoms with Crippen LogP contribution < -0.4 is 0 Å². The SMILES string of the molecule is O=C(c1ccc(O)cc1)c1ccccc1C(=O)c1ccc(O)cc1. The average Bonchev–Trinajstić information content (AvgIpc) is 2.62. The number of phenolic OH excluding ortho intramolecular Hbond substituents is 2. The molecule has 0 aliphatic rings. The van der Waals surface area contributed by atoms with Crippen LogP contribution >= 0.6 is 0 Å². The van der Waals surface area contributed by atoms with E-state index in [0.717, 1.165) is 0 Å². The predicted octanol–water partition coefficient (Wildman–Crippen LogP) is 3.56. The number of carbonyl (C=O) groups excluding carboxylic acids is 2. The summed E-state index contributed by atoms with van der Waals surface area (Å²) in [6, 6.07) is 18.4. The molecule has 0 spiro atoms. The van der Waals surface area contributed by atoms with Crippen molar-refractivity contribution in [2.45, 2.75) is 0 Å². The molecule has 0 heterocycles. The van der Waals surface area contributed by atoms with Crippen molar-refractivity contribution in [2.75, 3.05) is 0 Å². The summed E-state index contributed by atoms with van der Waals surface area (Å²) in [5.74, 6) is -0.449. The van der Waals surface area contributed by atoms with Crippen LogP contribution in [0.4, 0.5) is 0 Å². The van der Waals surface area contributed by atoms with Crippen molar-refractivity contribution in [3.05, 3.63) is 95.1 Å². The number of hydrogen-bond donors (Lipinski definition) is 2. The summed E-state index contributed by atoms with van der Waals surface area (Å²) in [5, 5.41) is 18.7. The Morgan fingerprint density at radius 1 is 0.542 bits per heavy atom. The molecule has 0 aliphatic carbocycles. The van der Waals surface area contributed by atoms with Crippen LogP contribution in [0.3, 0.4) is 0 Å². The van der Waals surface area contributed by atoms with Gasteiger partial charge < -0.3 is 10.2 Å². The molecular formula is C20H14O4. The lowest BCUT2D eigenvalue weighted by Crippen LogP contribution is -2.11. The first-order valence-electron chi connectivity index (χ1n) is 7.33. The normalized spacial score (nSPS) is 10.3. The molecule has 24 heavy (non-hydrogen) atoms. The standard InChI is InChI=1S/C20H14O4/c21-15-9-5-13(6-10-15)19(23)17-3-1-2-4-18(17)20(24)14-7-11-16(22)12-8-14/h1-12,21-22H. The molecule has 0 amide bonds. The minimum Gasteiger partial charge on any atom is -0.508 e. The molecule has 0 atom stereocenters. The van der Waals surface area contributed by atoms with Gasteiger partial charge in [-0.3, -0.25) is 9.59 Å². The molecule has 0 aromatic heterocycles. The van der Waals surface area contributed by atoms with E-state index >= 15 is 0 Å². The van der Waals surface area contributed by atoms with Crippen LogP contribution in [0.5, 0.6) is 11.5 Å². The topological polar surface area (TPSA) is 74.6 Å². The van der Waals surface area contributed by atoms with Crippen molar-refractivity contribution < 1.29 is 19.8 Å². The Kier molecular flexibility index (Phi) is 4.12. The molecule has 0 unspecified atom stereocenters. The zero-order valence-corrected chi connectivity index (χ0v) is 12.6. The number of carbonyl (C=O) groups is 2. The lowest BCUT2D eigenvalue weighted by Gasteiger charge is -2.08. The number of benzene rings is 3. The number of ketones is 2. The minimum absolute atomic E-state index is 0.0694. The van der Waals surface area contributed by atoms with Crippen molar-refractivity contribution in [2.24, 2.45) is 0 Å². The first-order chi connectivity index (χ1) is 11.6. The van der Waals surface area contributed by atoms with Gasteiger partial charge in [0, 0.05) is 22.3 Å². The van der Waals surface area contributed by atoms with Crippen molar-refractivity contribution in [3.63, 3.8) is 0 Å². The predicted molar refractivity (Wildman–Crippen MR) is 89.5 cm³/mol. The summed E-state index contributed by atoms with van der Waals surface area (Å²) >= 11 is 0. The highest BCUT2D eigenvalue weighted by atomic mass is 16.3. The van der Waals surface area contributed by atoms with Crippen molar-refractivity contribution in [1.29, 1.82) is 0 Å². The molecule has 0 radical (unpaired) electrons. The molecule has 4 heteroatoms. The van der Waals surface area contributed by atoms with Gasteiger partial charge in [-0.05, 0) is 48.5 Å². The molecule has 3 rings (SSSR count). The van der Waals surface area contributed by atoms with E-state index in [9.17, 15) is 19.8 Å². The van der Waals surface area contributed by atoms with Gasteiger partial charge in [-0.1, -0.05) is 24.3 Å². The van der Waals surface area contributed by atoms with Crippen LogP contribution in [0.2, 0.25) is 0 Å². The Bertz CT molecular complexity index is 817.